The van der Waals surface area contributed by atoms with Gasteiger partial charge in [0.2, 0.25) is 0 Å². The molecule has 0 saturated carbocycles. The van der Waals surface area contributed by atoms with Crippen LogP contribution in [0.5, 0.6) is 0 Å². The molecule has 1 saturated heterocycles. The van der Waals surface area contributed by atoms with Gasteiger partial charge < -0.3 is 4.90 Å². The fourth-order valence-electron chi connectivity index (χ4n) is 2.61. The molecule has 2 heterocycles. The molecule has 0 spiro atoms. The van der Waals surface area contributed by atoms with Gasteiger partial charge in [0, 0.05) is 31.4 Å². The second kappa shape index (κ2) is 5.50. The van der Waals surface area contributed by atoms with Crippen molar-refractivity contribution < 1.29 is 0 Å². The number of piperidine rings is 1. The van der Waals surface area contributed by atoms with E-state index in [4.69, 9.17) is 0 Å². The Morgan fingerprint density at radius 2 is 2.29 bits per heavy atom. The minimum atomic E-state index is 0.543. The van der Waals surface area contributed by atoms with Crippen molar-refractivity contribution in [3.63, 3.8) is 0 Å². The predicted molar refractivity (Wildman–Crippen MR) is 72.4 cm³/mol. The van der Waals surface area contributed by atoms with E-state index in [-0.39, 0.29) is 0 Å². The number of hydrogen-bond acceptors (Lipinski definition) is 3. The number of pyridine rings is 1. The molecule has 0 radical (unpaired) electrons. The standard InChI is InChI=1S/C14H23N3/c1-4-16(2)14-12(8-7-10-15-14)13-9-5-6-11-17(13)3/h7-8,10,13H,4-6,9,11H2,1-3H3. The van der Waals surface area contributed by atoms with E-state index in [1.807, 2.05) is 6.20 Å². The van der Waals surface area contributed by atoms with Crippen molar-refractivity contribution in [2.75, 3.05) is 32.1 Å². The highest BCUT2D eigenvalue weighted by molar-refractivity contribution is 5.47. The quantitative estimate of drug-likeness (QED) is 0.800. The number of hydrogen-bond donors (Lipinski definition) is 0. The number of aromatic nitrogens is 1. The summed E-state index contributed by atoms with van der Waals surface area (Å²) in [7, 11) is 4.35. The second-order valence-electron chi connectivity index (χ2n) is 4.92. The highest BCUT2D eigenvalue weighted by atomic mass is 15.2. The first-order chi connectivity index (χ1) is 8.24. The Bertz CT molecular complexity index is 364. The van der Waals surface area contributed by atoms with Crippen LogP contribution < -0.4 is 4.90 Å². The van der Waals surface area contributed by atoms with Crippen LogP contribution in [0.3, 0.4) is 0 Å². The summed E-state index contributed by atoms with van der Waals surface area (Å²) in [6.07, 6.45) is 5.81. The molecule has 0 aromatic carbocycles. The lowest BCUT2D eigenvalue weighted by atomic mass is 9.96. The van der Waals surface area contributed by atoms with Gasteiger partial charge in [0.05, 0.1) is 0 Å². The van der Waals surface area contributed by atoms with Crippen LogP contribution in [0.1, 0.15) is 37.8 Å². The molecule has 0 amide bonds. The molecular weight excluding hydrogens is 210 g/mol. The van der Waals surface area contributed by atoms with Crippen molar-refractivity contribution in [2.45, 2.75) is 32.2 Å². The van der Waals surface area contributed by atoms with Gasteiger partial charge in [-0.2, -0.15) is 0 Å². The van der Waals surface area contributed by atoms with E-state index in [0.717, 1.165) is 12.4 Å². The number of nitrogens with zero attached hydrogens (tertiary/aromatic N) is 3. The summed E-state index contributed by atoms with van der Waals surface area (Å²) < 4.78 is 0. The van der Waals surface area contributed by atoms with Gasteiger partial charge in [0.25, 0.3) is 0 Å². The first kappa shape index (κ1) is 12.4. The highest BCUT2D eigenvalue weighted by Gasteiger charge is 2.24. The molecule has 1 aliphatic rings. The van der Waals surface area contributed by atoms with Crippen molar-refractivity contribution in [2.24, 2.45) is 0 Å². The maximum absolute atomic E-state index is 4.56. The molecule has 2 rings (SSSR count). The van der Waals surface area contributed by atoms with Crippen LogP contribution >= 0.6 is 0 Å². The normalized spacial score (nSPS) is 21.5. The van der Waals surface area contributed by atoms with Crippen molar-refractivity contribution in [3.05, 3.63) is 23.9 Å². The van der Waals surface area contributed by atoms with Crippen LogP contribution in [0.2, 0.25) is 0 Å². The molecule has 3 heteroatoms. The van der Waals surface area contributed by atoms with Crippen LogP contribution in [-0.2, 0) is 0 Å². The third kappa shape index (κ3) is 2.60. The molecule has 1 aromatic heterocycles. The summed E-state index contributed by atoms with van der Waals surface area (Å²) in [5, 5.41) is 0. The zero-order valence-corrected chi connectivity index (χ0v) is 11.2. The molecule has 1 unspecified atom stereocenters. The van der Waals surface area contributed by atoms with E-state index < -0.39 is 0 Å². The molecule has 0 N–H and O–H groups in total. The first-order valence-corrected chi connectivity index (χ1v) is 6.60. The Kier molecular flexibility index (Phi) is 4.00. The van der Waals surface area contributed by atoms with Gasteiger partial charge in [-0.3, -0.25) is 4.90 Å². The molecule has 1 aliphatic heterocycles. The second-order valence-corrected chi connectivity index (χ2v) is 4.92. The molecule has 1 aromatic rings. The molecule has 0 aliphatic carbocycles. The molecule has 94 valence electrons. The van der Waals surface area contributed by atoms with Crippen LogP contribution in [0.15, 0.2) is 18.3 Å². The molecule has 3 nitrogen and oxygen atoms in total. The SMILES string of the molecule is CCN(C)c1ncccc1C1CCCCN1C. The first-order valence-electron chi connectivity index (χ1n) is 6.60. The minimum absolute atomic E-state index is 0.543. The molecular formula is C14H23N3. The van der Waals surface area contributed by atoms with Crippen LogP contribution in [-0.4, -0.2) is 37.1 Å². The van der Waals surface area contributed by atoms with Crippen LogP contribution in [0.25, 0.3) is 0 Å². The summed E-state index contributed by atoms with van der Waals surface area (Å²) in [5.41, 5.74) is 1.39. The summed E-state index contributed by atoms with van der Waals surface area (Å²) in [5.74, 6) is 1.15. The monoisotopic (exact) mass is 233 g/mol. The number of anilines is 1. The van der Waals surface area contributed by atoms with E-state index in [0.29, 0.717) is 6.04 Å². The third-order valence-electron chi connectivity index (χ3n) is 3.78. The predicted octanol–water partition coefficient (Wildman–Crippen LogP) is 2.69. The van der Waals surface area contributed by atoms with E-state index in [2.05, 4.69) is 47.9 Å². The van der Waals surface area contributed by atoms with E-state index >= 15 is 0 Å². The summed E-state index contributed by atoms with van der Waals surface area (Å²) in [6.45, 7) is 4.37. The third-order valence-corrected chi connectivity index (χ3v) is 3.78. The Balaban J connectivity index is 2.30. The Hall–Kier alpha value is -1.09. The van der Waals surface area contributed by atoms with Gasteiger partial charge in [-0.05, 0) is 39.4 Å². The van der Waals surface area contributed by atoms with Crippen molar-refractivity contribution >= 4 is 5.82 Å². The summed E-state index contributed by atoms with van der Waals surface area (Å²) in [6, 6.07) is 4.84. The minimum Gasteiger partial charge on any atom is -0.360 e. The van der Waals surface area contributed by atoms with Crippen molar-refractivity contribution in [3.8, 4) is 0 Å². The highest BCUT2D eigenvalue weighted by Crippen LogP contribution is 2.33. The van der Waals surface area contributed by atoms with Crippen LogP contribution in [0.4, 0.5) is 5.82 Å². The zero-order valence-electron chi connectivity index (χ0n) is 11.2. The largest absolute Gasteiger partial charge is 0.360 e. The van der Waals surface area contributed by atoms with E-state index in [9.17, 15) is 0 Å². The lowest BCUT2D eigenvalue weighted by Crippen LogP contribution is -2.31. The van der Waals surface area contributed by atoms with Gasteiger partial charge in [-0.1, -0.05) is 12.5 Å². The Morgan fingerprint density at radius 3 is 3.00 bits per heavy atom. The van der Waals surface area contributed by atoms with Gasteiger partial charge in [0.1, 0.15) is 5.82 Å². The maximum atomic E-state index is 4.56. The van der Waals surface area contributed by atoms with Gasteiger partial charge in [-0.25, -0.2) is 4.98 Å². The van der Waals surface area contributed by atoms with Gasteiger partial charge in [0.15, 0.2) is 0 Å². The van der Waals surface area contributed by atoms with Gasteiger partial charge >= 0.3 is 0 Å². The molecule has 0 bridgehead atoms. The number of rotatable bonds is 3. The van der Waals surface area contributed by atoms with Crippen molar-refractivity contribution in [1.29, 1.82) is 0 Å². The topological polar surface area (TPSA) is 19.4 Å². The van der Waals surface area contributed by atoms with E-state index in [1.165, 1.54) is 31.4 Å². The molecule has 17 heavy (non-hydrogen) atoms. The van der Waals surface area contributed by atoms with Crippen molar-refractivity contribution in [1.82, 2.24) is 9.88 Å². The summed E-state index contributed by atoms with van der Waals surface area (Å²) >= 11 is 0. The fraction of sp³-hybridized carbons (Fsp3) is 0.643. The van der Waals surface area contributed by atoms with E-state index in [1.54, 1.807) is 0 Å². The molecule has 1 fully saturated rings. The Labute approximate surface area is 104 Å². The lowest BCUT2D eigenvalue weighted by molar-refractivity contribution is 0.187. The summed E-state index contributed by atoms with van der Waals surface area (Å²) in [4.78, 5) is 9.26. The Morgan fingerprint density at radius 1 is 1.47 bits per heavy atom. The average molecular weight is 233 g/mol. The average Bonchev–Trinajstić information content (AvgIpc) is 2.38. The maximum Gasteiger partial charge on any atom is 0.133 e. The molecule has 1 atom stereocenters. The number of likely N-dealkylation sites (tertiary alicyclic amines) is 1. The fourth-order valence-corrected chi connectivity index (χ4v) is 2.61. The zero-order chi connectivity index (χ0) is 12.3. The van der Waals surface area contributed by atoms with Gasteiger partial charge in [-0.15, -0.1) is 0 Å². The lowest BCUT2D eigenvalue weighted by Gasteiger charge is -2.34. The van der Waals surface area contributed by atoms with Crippen LogP contribution in [0, 0.1) is 0 Å². The smallest absolute Gasteiger partial charge is 0.133 e.